The van der Waals surface area contributed by atoms with Gasteiger partial charge in [0.2, 0.25) is 5.91 Å². The molecule has 0 unspecified atom stereocenters. The van der Waals surface area contributed by atoms with Gasteiger partial charge in [0, 0.05) is 28.7 Å². The number of nitrogens with one attached hydrogen (secondary N) is 1. The lowest BCUT2D eigenvalue weighted by atomic mass is 10.1. The van der Waals surface area contributed by atoms with Crippen molar-refractivity contribution in [3.05, 3.63) is 70.9 Å². The van der Waals surface area contributed by atoms with Gasteiger partial charge in [0.25, 0.3) is 0 Å². The minimum Gasteiger partial charge on any atom is -0.344 e. The van der Waals surface area contributed by atoms with E-state index in [9.17, 15) is 4.79 Å². The summed E-state index contributed by atoms with van der Waals surface area (Å²) in [4.78, 5) is 12.1. The van der Waals surface area contributed by atoms with E-state index in [1.807, 2.05) is 24.3 Å². The van der Waals surface area contributed by atoms with Crippen molar-refractivity contribution in [2.75, 3.05) is 0 Å². The standard InChI is InChI=1S/C22H25N3O/c1-4-17-10-12-18(13-11-17)14-22(26)24-23-15-20-16(3)25(5-2)21-9-7-6-8-19(20)21/h6-13,15H,4-5,14H2,1-3H3,(H,24,26)/b23-15-. The number of nitrogens with zero attached hydrogens (tertiary/aromatic N) is 2. The largest absolute Gasteiger partial charge is 0.344 e. The SMILES string of the molecule is CCc1ccc(CC(=O)N/N=C\c2c(C)n(CC)c3ccccc23)cc1. The average Bonchev–Trinajstić information content (AvgIpc) is 2.93. The van der Waals surface area contributed by atoms with Crippen molar-refractivity contribution in [1.29, 1.82) is 0 Å². The lowest BCUT2D eigenvalue weighted by Crippen LogP contribution is -2.19. The summed E-state index contributed by atoms with van der Waals surface area (Å²) < 4.78 is 2.26. The van der Waals surface area contributed by atoms with Crippen LogP contribution in [0.3, 0.4) is 0 Å². The van der Waals surface area contributed by atoms with Gasteiger partial charge in [-0.25, -0.2) is 5.43 Å². The van der Waals surface area contributed by atoms with Crippen LogP contribution in [0.1, 0.15) is 36.2 Å². The van der Waals surface area contributed by atoms with E-state index >= 15 is 0 Å². The molecule has 0 saturated carbocycles. The maximum absolute atomic E-state index is 12.1. The van der Waals surface area contributed by atoms with Gasteiger partial charge >= 0.3 is 0 Å². The van der Waals surface area contributed by atoms with E-state index < -0.39 is 0 Å². The van der Waals surface area contributed by atoms with Crippen molar-refractivity contribution in [3.63, 3.8) is 0 Å². The molecule has 0 spiro atoms. The second-order valence-electron chi connectivity index (χ2n) is 6.40. The topological polar surface area (TPSA) is 46.4 Å². The van der Waals surface area contributed by atoms with E-state index in [1.54, 1.807) is 6.21 Å². The van der Waals surface area contributed by atoms with Crippen molar-refractivity contribution in [2.45, 2.75) is 40.2 Å². The molecule has 0 bridgehead atoms. The number of hydrogen-bond acceptors (Lipinski definition) is 2. The first-order valence-corrected chi connectivity index (χ1v) is 9.11. The van der Waals surface area contributed by atoms with Gasteiger partial charge in [0.15, 0.2) is 0 Å². The van der Waals surface area contributed by atoms with Crippen molar-refractivity contribution in [3.8, 4) is 0 Å². The van der Waals surface area contributed by atoms with Crippen LogP contribution < -0.4 is 5.43 Å². The van der Waals surface area contributed by atoms with Crippen LogP contribution in [0.2, 0.25) is 0 Å². The number of carbonyl (C=O) groups is 1. The molecule has 0 fully saturated rings. The number of hydrazone groups is 1. The average molecular weight is 347 g/mol. The molecule has 134 valence electrons. The summed E-state index contributed by atoms with van der Waals surface area (Å²) in [6, 6.07) is 16.4. The quantitative estimate of drug-likeness (QED) is 0.526. The number of aryl methyl sites for hydroxylation is 2. The Morgan fingerprint density at radius 2 is 1.77 bits per heavy atom. The minimum absolute atomic E-state index is 0.109. The number of amides is 1. The third-order valence-corrected chi connectivity index (χ3v) is 4.77. The molecule has 3 rings (SSSR count). The van der Waals surface area contributed by atoms with Gasteiger partial charge in [-0.3, -0.25) is 4.79 Å². The lowest BCUT2D eigenvalue weighted by molar-refractivity contribution is -0.120. The smallest absolute Gasteiger partial charge is 0.244 e. The minimum atomic E-state index is -0.109. The molecule has 0 radical (unpaired) electrons. The molecule has 1 heterocycles. The Bertz CT molecular complexity index is 936. The summed E-state index contributed by atoms with van der Waals surface area (Å²) in [6.07, 6.45) is 3.08. The molecular formula is C22H25N3O. The molecule has 0 atom stereocenters. The van der Waals surface area contributed by atoms with Gasteiger partial charge in [0.05, 0.1) is 12.6 Å². The van der Waals surface area contributed by atoms with E-state index in [0.717, 1.165) is 35.2 Å². The van der Waals surface area contributed by atoms with E-state index in [4.69, 9.17) is 0 Å². The summed E-state index contributed by atoms with van der Waals surface area (Å²) >= 11 is 0. The number of aromatic nitrogens is 1. The van der Waals surface area contributed by atoms with Crippen molar-refractivity contribution < 1.29 is 4.79 Å². The predicted octanol–water partition coefficient (Wildman–Crippen LogP) is 4.22. The zero-order chi connectivity index (χ0) is 18.5. The molecule has 1 amide bonds. The summed E-state index contributed by atoms with van der Waals surface area (Å²) in [7, 11) is 0. The molecule has 0 aliphatic heterocycles. The van der Waals surface area contributed by atoms with Gasteiger partial charge in [-0.2, -0.15) is 5.10 Å². The van der Waals surface area contributed by atoms with Crippen LogP contribution in [0.15, 0.2) is 53.6 Å². The molecule has 1 aromatic heterocycles. The van der Waals surface area contributed by atoms with Crippen LogP contribution in [0, 0.1) is 6.92 Å². The fourth-order valence-corrected chi connectivity index (χ4v) is 3.31. The predicted molar refractivity (Wildman–Crippen MR) is 108 cm³/mol. The van der Waals surface area contributed by atoms with Crippen LogP contribution in [0.25, 0.3) is 10.9 Å². The Morgan fingerprint density at radius 3 is 2.46 bits per heavy atom. The highest BCUT2D eigenvalue weighted by molar-refractivity contribution is 6.01. The molecular weight excluding hydrogens is 322 g/mol. The fraction of sp³-hybridized carbons (Fsp3) is 0.273. The number of benzene rings is 2. The van der Waals surface area contributed by atoms with Gasteiger partial charge in [-0.05, 0) is 37.5 Å². The van der Waals surface area contributed by atoms with Crippen molar-refractivity contribution in [1.82, 2.24) is 9.99 Å². The normalized spacial score (nSPS) is 11.3. The summed E-state index contributed by atoms with van der Waals surface area (Å²) in [6.45, 7) is 7.24. The lowest BCUT2D eigenvalue weighted by Gasteiger charge is -2.03. The number of rotatable bonds is 6. The Morgan fingerprint density at radius 1 is 1.08 bits per heavy atom. The molecule has 3 aromatic rings. The molecule has 4 heteroatoms. The van der Waals surface area contributed by atoms with E-state index in [-0.39, 0.29) is 5.91 Å². The molecule has 0 aliphatic rings. The highest BCUT2D eigenvalue weighted by atomic mass is 16.2. The van der Waals surface area contributed by atoms with E-state index in [1.165, 1.54) is 11.1 Å². The van der Waals surface area contributed by atoms with Crippen LogP contribution in [-0.2, 0) is 24.2 Å². The van der Waals surface area contributed by atoms with Crippen LogP contribution in [0.4, 0.5) is 0 Å². The third-order valence-electron chi connectivity index (χ3n) is 4.77. The third kappa shape index (κ3) is 3.69. The highest BCUT2D eigenvalue weighted by Gasteiger charge is 2.11. The first kappa shape index (κ1) is 17.9. The number of carbonyl (C=O) groups excluding carboxylic acids is 1. The Hall–Kier alpha value is -2.88. The van der Waals surface area contributed by atoms with Crippen molar-refractivity contribution in [2.24, 2.45) is 5.10 Å². The Labute approximate surface area is 154 Å². The van der Waals surface area contributed by atoms with Crippen LogP contribution in [0.5, 0.6) is 0 Å². The van der Waals surface area contributed by atoms with E-state index in [2.05, 4.69) is 60.1 Å². The highest BCUT2D eigenvalue weighted by Crippen LogP contribution is 2.24. The van der Waals surface area contributed by atoms with Crippen LogP contribution in [-0.4, -0.2) is 16.7 Å². The maximum atomic E-state index is 12.1. The summed E-state index contributed by atoms with van der Waals surface area (Å²) in [5.41, 5.74) is 8.31. The molecule has 0 aliphatic carbocycles. The number of hydrogen-bond donors (Lipinski definition) is 1. The molecule has 4 nitrogen and oxygen atoms in total. The second kappa shape index (κ2) is 8.00. The van der Waals surface area contributed by atoms with Gasteiger partial charge in [-0.1, -0.05) is 49.4 Å². The Balaban J connectivity index is 1.71. The molecule has 0 saturated heterocycles. The Kier molecular flexibility index (Phi) is 5.52. The van der Waals surface area contributed by atoms with Gasteiger partial charge in [0.1, 0.15) is 0 Å². The second-order valence-corrected chi connectivity index (χ2v) is 6.40. The number of para-hydroxylation sites is 1. The van der Waals surface area contributed by atoms with Gasteiger partial charge < -0.3 is 4.57 Å². The zero-order valence-corrected chi connectivity index (χ0v) is 15.6. The first-order valence-electron chi connectivity index (χ1n) is 9.11. The molecule has 2 aromatic carbocycles. The zero-order valence-electron chi connectivity index (χ0n) is 15.6. The van der Waals surface area contributed by atoms with E-state index in [0.29, 0.717) is 6.42 Å². The maximum Gasteiger partial charge on any atom is 0.244 e. The summed E-state index contributed by atoms with van der Waals surface area (Å²) in [5, 5.41) is 5.34. The fourth-order valence-electron chi connectivity index (χ4n) is 3.31. The van der Waals surface area contributed by atoms with Crippen LogP contribution >= 0.6 is 0 Å². The molecule has 1 N–H and O–H groups in total. The van der Waals surface area contributed by atoms with Gasteiger partial charge in [-0.15, -0.1) is 0 Å². The van der Waals surface area contributed by atoms with Crippen molar-refractivity contribution >= 4 is 23.0 Å². The molecule has 26 heavy (non-hydrogen) atoms. The number of fused-ring (bicyclic) bond motifs is 1. The first-order chi connectivity index (χ1) is 12.6. The monoisotopic (exact) mass is 347 g/mol. The summed E-state index contributed by atoms with van der Waals surface area (Å²) in [5.74, 6) is -0.109.